The molecular weight excluding hydrogens is 436 g/mol. The van der Waals surface area contributed by atoms with Crippen LogP contribution in [0.15, 0.2) is 54.6 Å². The number of hydrogen-bond donors (Lipinski definition) is 1. The fourth-order valence-electron chi connectivity index (χ4n) is 4.67. The van der Waals surface area contributed by atoms with Gasteiger partial charge in [0.1, 0.15) is 0 Å². The van der Waals surface area contributed by atoms with E-state index >= 15 is 0 Å². The van der Waals surface area contributed by atoms with Crippen LogP contribution < -0.4 is 0 Å². The average molecular weight is 467 g/mol. The van der Waals surface area contributed by atoms with Crippen LogP contribution >= 0.6 is 11.8 Å². The van der Waals surface area contributed by atoms with Gasteiger partial charge in [0.15, 0.2) is 0 Å². The highest BCUT2D eigenvalue weighted by molar-refractivity contribution is 8.02. The number of carboxylic acids is 1. The minimum Gasteiger partial charge on any atom is -0.481 e. The molecule has 33 heavy (non-hydrogen) atoms. The van der Waals surface area contributed by atoms with Crippen LogP contribution in [-0.4, -0.2) is 55.9 Å². The summed E-state index contributed by atoms with van der Waals surface area (Å²) in [5, 5.41) is 8.73. The zero-order valence-electron chi connectivity index (χ0n) is 19.1. The molecule has 1 atom stereocenters. The van der Waals surface area contributed by atoms with E-state index in [9.17, 15) is 19.5 Å². The highest BCUT2D eigenvalue weighted by atomic mass is 32.2. The number of benzene rings is 2. The maximum Gasteiger partial charge on any atom is 0.305 e. The molecule has 0 aliphatic carbocycles. The maximum absolute atomic E-state index is 13.2. The van der Waals surface area contributed by atoms with E-state index in [1.807, 2.05) is 64.4 Å². The Kier molecular flexibility index (Phi) is 6.79. The third-order valence-electron chi connectivity index (χ3n) is 6.59. The Morgan fingerprint density at radius 3 is 2.27 bits per heavy atom. The van der Waals surface area contributed by atoms with Crippen molar-refractivity contribution in [3.63, 3.8) is 0 Å². The lowest BCUT2D eigenvalue weighted by Gasteiger charge is -2.44. The molecule has 0 bridgehead atoms. The van der Waals surface area contributed by atoms with E-state index in [4.69, 9.17) is 0 Å². The number of aliphatic carboxylic acids is 1. The molecular formula is C26H30N2O4S. The standard InChI is InChI=1S/C26H30N2O4S/c1-18(2)20-8-10-21(11-9-20)24(31)27-14-12-26(13-15-27)28(17-19-6-4-3-5-7-19)25(32)22(33-26)16-23(29)30/h3-11,18,22H,12-17H2,1-2H3,(H,29,30). The molecule has 0 saturated carbocycles. The van der Waals surface area contributed by atoms with Gasteiger partial charge in [0, 0.05) is 25.2 Å². The number of amides is 2. The average Bonchev–Trinajstić information content (AvgIpc) is 3.04. The van der Waals surface area contributed by atoms with Crippen molar-refractivity contribution in [3.8, 4) is 0 Å². The first-order valence-electron chi connectivity index (χ1n) is 11.4. The van der Waals surface area contributed by atoms with Gasteiger partial charge in [-0.1, -0.05) is 56.3 Å². The second kappa shape index (κ2) is 9.59. The second-order valence-corrected chi connectivity index (χ2v) is 10.7. The first-order valence-corrected chi connectivity index (χ1v) is 12.3. The van der Waals surface area contributed by atoms with Crippen molar-refractivity contribution in [2.75, 3.05) is 13.1 Å². The molecule has 0 aromatic heterocycles. The third-order valence-corrected chi connectivity index (χ3v) is 8.31. The summed E-state index contributed by atoms with van der Waals surface area (Å²) >= 11 is 1.47. The van der Waals surface area contributed by atoms with E-state index in [1.165, 1.54) is 17.3 Å². The van der Waals surface area contributed by atoms with Crippen LogP contribution in [0.2, 0.25) is 0 Å². The predicted molar refractivity (Wildman–Crippen MR) is 129 cm³/mol. The number of rotatable bonds is 6. The molecule has 7 heteroatoms. The zero-order valence-corrected chi connectivity index (χ0v) is 19.9. The first kappa shape index (κ1) is 23.4. The molecule has 2 aromatic carbocycles. The molecule has 2 saturated heterocycles. The molecule has 2 fully saturated rings. The normalized spacial score (nSPS) is 20.0. The molecule has 1 unspecified atom stereocenters. The number of carbonyl (C=O) groups excluding carboxylic acids is 2. The number of hydrogen-bond acceptors (Lipinski definition) is 4. The van der Waals surface area contributed by atoms with Crippen LogP contribution in [0, 0.1) is 0 Å². The zero-order chi connectivity index (χ0) is 23.6. The van der Waals surface area contributed by atoms with Crippen molar-refractivity contribution in [1.82, 2.24) is 9.80 Å². The quantitative estimate of drug-likeness (QED) is 0.684. The van der Waals surface area contributed by atoms with Crippen molar-refractivity contribution >= 4 is 29.5 Å². The van der Waals surface area contributed by atoms with E-state index in [2.05, 4.69) is 13.8 Å². The van der Waals surface area contributed by atoms with Crippen molar-refractivity contribution < 1.29 is 19.5 Å². The summed E-state index contributed by atoms with van der Waals surface area (Å²) in [6.07, 6.45) is 1.08. The molecule has 1 spiro atoms. The molecule has 2 heterocycles. The summed E-state index contributed by atoms with van der Waals surface area (Å²) in [4.78, 5) is 40.9. The largest absolute Gasteiger partial charge is 0.481 e. The lowest BCUT2D eigenvalue weighted by molar-refractivity contribution is -0.141. The molecule has 4 rings (SSSR count). The summed E-state index contributed by atoms with van der Waals surface area (Å²) in [7, 11) is 0. The fourth-order valence-corrected chi connectivity index (χ4v) is 6.35. The maximum atomic E-state index is 13.2. The minimum atomic E-state index is -0.963. The van der Waals surface area contributed by atoms with E-state index in [-0.39, 0.29) is 18.2 Å². The Balaban J connectivity index is 1.50. The number of thioether (sulfide) groups is 1. The molecule has 1 N–H and O–H groups in total. The second-order valence-electron chi connectivity index (χ2n) is 9.13. The van der Waals surface area contributed by atoms with Gasteiger partial charge in [0.05, 0.1) is 16.5 Å². The minimum absolute atomic E-state index is 0.00572. The van der Waals surface area contributed by atoms with Crippen molar-refractivity contribution in [2.45, 2.75) is 55.7 Å². The van der Waals surface area contributed by atoms with Gasteiger partial charge in [-0.2, -0.15) is 0 Å². The monoisotopic (exact) mass is 466 g/mol. The van der Waals surface area contributed by atoms with Gasteiger partial charge >= 0.3 is 5.97 Å². The van der Waals surface area contributed by atoms with Crippen LogP contribution in [0.4, 0.5) is 0 Å². The third kappa shape index (κ3) is 4.93. The first-order chi connectivity index (χ1) is 15.8. The summed E-state index contributed by atoms with van der Waals surface area (Å²) in [5.74, 6) is -0.660. The Bertz CT molecular complexity index is 1010. The van der Waals surface area contributed by atoms with Gasteiger partial charge in [-0.15, -0.1) is 11.8 Å². The van der Waals surface area contributed by atoms with E-state index in [1.54, 1.807) is 0 Å². The van der Waals surface area contributed by atoms with E-state index < -0.39 is 16.1 Å². The highest BCUT2D eigenvalue weighted by Crippen LogP contribution is 2.49. The molecule has 2 aliphatic rings. The van der Waals surface area contributed by atoms with Crippen LogP contribution in [0.5, 0.6) is 0 Å². The number of likely N-dealkylation sites (tertiary alicyclic amines) is 1. The van der Waals surface area contributed by atoms with Crippen LogP contribution in [0.25, 0.3) is 0 Å². The van der Waals surface area contributed by atoms with Crippen LogP contribution in [0.1, 0.15) is 60.5 Å². The molecule has 2 amide bonds. The van der Waals surface area contributed by atoms with Crippen molar-refractivity contribution in [1.29, 1.82) is 0 Å². The van der Waals surface area contributed by atoms with Crippen molar-refractivity contribution in [3.05, 3.63) is 71.3 Å². The highest BCUT2D eigenvalue weighted by Gasteiger charge is 2.53. The lowest BCUT2D eigenvalue weighted by atomic mass is 9.98. The number of piperidine rings is 1. The SMILES string of the molecule is CC(C)c1ccc(C(=O)N2CCC3(CC2)SC(CC(=O)O)C(=O)N3Cc2ccccc2)cc1. The Morgan fingerprint density at radius 2 is 1.70 bits per heavy atom. The van der Waals surface area contributed by atoms with Gasteiger partial charge in [0.25, 0.3) is 5.91 Å². The van der Waals surface area contributed by atoms with Crippen LogP contribution in [0.3, 0.4) is 0 Å². The number of carboxylic acid groups (broad SMARTS) is 1. The Hall–Kier alpha value is -2.80. The Labute approximate surface area is 199 Å². The van der Waals surface area contributed by atoms with Gasteiger partial charge in [-0.3, -0.25) is 14.4 Å². The number of nitrogens with zero attached hydrogens (tertiary/aromatic N) is 2. The van der Waals surface area contributed by atoms with Crippen molar-refractivity contribution in [2.24, 2.45) is 0 Å². The molecule has 2 aliphatic heterocycles. The fraction of sp³-hybridized carbons (Fsp3) is 0.423. The van der Waals surface area contributed by atoms with E-state index in [0.717, 1.165) is 5.56 Å². The molecule has 0 radical (unpaired) electrons. The van der Waals surface area contributed by atoms with Crippen LogP contribution in [-0.2, 0) is 16.1 Å². The number of carbonyl (C=O) groups is 3. The van der Waals surface area contributed by atoms with E-state index in [0.29, 0.717) is 44.0 Å². The molecule has 174 valence electrons. The van der Waals surface area contributed by atoms with Gasteiger partial charge in [0.2, 0.25) is 5.91 Å². The summed E-state index contributed by atoms with van der Waals surface area (Å²) in [5.41, 5.74) is 2.90. The Morgan fingerprint density at radius 1 is 1.06 bits per heavy atom. The molecule has 2 aromatic rings. The lowest BCUT2D eigenvalue weighted by Crippen LogP contribution is -2.52. The summed E-state index contributed by atoms with van der Waals surface area (Å²) in [6, 6.07) is 17.6. The predicted octanol–water partition coefficient (Wildman–Crippen LogP) is 4.36. The van der Waals surface area contributed by atoms with Gasteiger partial charge in [-0.25, -0.2) is 0 Å². The smallest absolute Gasteiger partial charge is 0.305 e. The van der Waals surface area contributed by atoms with Gasteiger partial charge < -0.3 is 14.9 Å². The summed E-state index contributed by atoms with van der Waals surface area (Å²) in [6.45, 7) is 5.78. The van der Waals surface area contributed by atoms with Gasteiger partial charge in [-0.05, 0) is 42.0 Å². The topological polar surface area (TPSA) is 77.9 Å². The molecule has 6 nitrogen and oxygen atoms in total. The summed E-state index contributed by atoms with van der Waals surface area (Å²) < 4.78 is 0.